The lowest BCUT2D eigenvalue weighted by Crippen LogP contribution is -2.31. The van der Waals surface area contributed by atoms with Gasteiger partial charge in [-0.05, 0) is 31.0 Å². The van der Waals surface area contributed by atoms with Crippen molar-refractivity contribution in [2.45, 2.75) is 26.8 Å². The van der Waals surface area contributed by atoms with E-state index in [0.29, 0.717) is 11.4 Å². The molecular formula is C20H21N3OS. The van der Waals surface area contributed by atoms with E-state index in [-0.39, 0.29) is 5.91 Å². The highest BCUT2D eigenvalue weighted by Crippen LogP contribution is 2.27. The van der Waals surface area contributed by atoms with Crippen LogP contribution < -0.4 is 0 Å². The first-order valence-corrected chi connectivity index (χ1v) is 9.22. The van der Waals surface area contributed by atoms with Crippen LogP contribution in [0.5, 0.6) is 0 Å². The molecule has 3 rings (SSSR count). The molecule has 4 nitrogen and oxygen atoms in total. The minimum absolute atomic E-state index is 0.0443. The maximum Gasteiger partial charge on any atom is 0.266 e. The molecule has 0 bridgehead atoms. The molecule has 0 aliphatic heterocycles. The van der Waals surface area contributed by atoms with Crippen molar-refractivity contribution in [2.24, 2.45) is 0 Å². The summed E-state index contributed by atoms with van der Waals surface area (Å²) >= 11 is 1.42. The van der Waals surface area contributed by atoms with E-state index in [9.17, 15) is 4.79 Å². The molecule has 2 aromatic heterocycles. The van der Waals surface area contributed by atoms with Gasteiger partial charge in [0.25, 0.3) is 5.91 Å². The normalized spacial score (nSPS) is 10.6. The average Bonchev–Trinajstić information content (AvgIpc) is 3.04. The summed E-state index contributed by atoms with van der Waals surface area (Å²) in [6.45, 7) is 5.32. The monoisotopic (exact) mass is 351 g/mol. The summed E-state index contributed by atoms with van der Waals surface area (Å²) in [5.74, 6) is 0.0443. The number of carbonyl (C=O) groups is 1. The zero-order chi connectivity index (χ0) is 17.6. The summed E-state index contributed by atoms with van der Waals surface area (Å²) in [6, 6.07) is 15.8. The van der Waals surface area contributed by atoms with Crippen LogP contribution in [-0.2, 0) is 6.54 Å². The molecule has 0 aliphatic rings. The summed E-state index contributed by atoms with van der Waals surface area (Å²) in [7, 11) is 0. The fraction of sp³-hybridized carbons (Fsp3) is 0.250. The number of hydrogen-bond donors (Lipinski definition) is 0. The Morgan fingerprint density at radius 1 is 1.12 bits per heavy atom. The molecule has 0 saturated carbocycles. The molecule has 0 N–H and O–H groups in total. The predicted octanol–water partition coefficient (Wildman–Crippen LogP) is 4.57. The number of aromatic nitrogens is 2. The van der Waals surface area contributed by atoms with Crippen LogP contribution in [0.2, 0.25) is 0 Å². The van der Waals surface area contributed by atoms with Gasteiger partial charge in [-0.1, -0.05) is 43.3 Å². The van der Waals surface area contributed by atoms with E-state index in [1.807, 2.05) is 48.2 Å². The largest absolute Gasteiger partial charge is 0.334 e. The quantitative estimate of drug-likeness (QED) is 0.654. The number of pyridine rings is 1. The van der Waals surface area contributed by atoms with Gasteiger partial charge in [-0.3, -0.25) is 9.78 Å². The molecule has 1 amide bonds. The third-order valence-corrected chi connectivity index (χ3v) is 5.04. The highest BCUT2D eigenvalue weighted by atomic mass is 32.1. The second-order valence-electron chi connectivity index (χ2n) is 5.86. The Labute approximate surface area is 152 Å². The van der Waals surface area contributed by atoms with Crippen molar-refractivity contribution in [1.82, 2.24) is 14.9 Å². The zero-order valence-corrected chi connectivity index (χ0v) is 15.3. The molecule has 25 heavy (non-hydrogen) atoms. The molecule has 2 heterocycles. The standard InChI is InChI=1S/C20H21N3OS/c1-3-13-23(14-16-9-5-4-6-10-16)20(24)18-15(2)22-19(25-18)17-11-7-8-12-21-17/h4-12H,3,13-14H2,1-2H3. The van der Waals surface area contributed by atoms with Crippen molar-refractivity contribution in [3.8, 4) is 10.7 Å². The summed E-state index contributed by atoms with van der Waals surface area (Å²) in [6.07, 6.45) is 2.66. The van der Waals surface area contributed by atoms with Gasteiger partial charge in [-0.15, -0.1) is 11.3 Å². The minimum atomic E-state index is 0.0443. The minimum Gasteiger partial charge on any atom is -0.334 e. The highest BCUT2D eigenvalue weighted by Gasteiger charge is 2.22. The Bertz CT molecular complexity index is 831. The van der Waals surface area contributed by atoms with Gasteiger partial charge >= 0.3 is 0 Å². The highest BCUT2D eigenvalue weighted by molar-refractivity contribution is 7.17. The molecule has 0 atom stereocenters. The Hall–Kier alpha value is -2.53. The molecule has 3 aromatic rings. The van der Waals surface area contributed by atoms with Gasteiger partial charge in [0.2, 0.25) is 0 Å². The number of carbonyl (C=O) groups excluding carboxylic acids is 1. The summed E-state index contributed by atoms with van der Waals surface area (Å²) in [5.41, 5.74) is 2.71. The van der Waals surface area contributed by atoms with E-state index < -0.39 is 0 Å². The molecule has 5 heteroatoms. The lowest BCUT2D eigenvalue weighted by molar-refractivity contribution is 0.0747. The SMILES string of the molecule is CCCN(Cc1ccccc1)C(=O)c1sc(-c2ccccn2)nc1C. The Kier molecular flexibility index (Phi) is 5.56. The van der Waals surface area contributed by atoms with E-state index >= 15 is 0 Å². The fourth-order valence-corrected chi connectivity index (χ4v) is 3.67. The second-order valence-corrected chi connectivity index (χ2v) is 6.86. The van der Waals surface area contributed by atoms with Crippen molar-refractivity contribution < 1.29 is 4.79 Å². The van der Waals surface area contributed by atoms with Gasteiger partial charge < -0.3 is 4.90 Å². The van der Waals surface area contributed by atoms with Crippen LogP contribution in [0.3, 0.4) is 0 Å². The van der Waals surface area contributed by atoms with Crippen molar-refractivity contribution in [2.75, 3.05) is 6.54 Å². The van der Waals surface area contributed by atoms with E-state index in [4.69, 9.17) is 0 Å². The van der Waals surface area contributed by atoms with Gasteiger partial charge in [0.1, 0.15) is 9.88 Å². The molecular weight excluding hydrogens is 330 g/mol. The van der Waals surface area contributed by atoms with E-state index in [1.54, 1.807) is 6.20 Å². The van der Waals surface area contributed by atoms with Gasteiger partial charge in [0.05, 0.1) is 11.4 Å². The Morgan fingerprint density at radius 3 is 2.56 bits per heavy atom. The van der Waals surface area contributed by atoms with Gasteiger partial charge in [0.15, 0.2) is 0 Å². The average molecular weight is 351 g/mol. The first-order valence-electron chi connectivity index (χ1n) is 8.41. The third kappa shape index (κ3) is 4.12. The van der Waals surface area contributed by atoms with Crippen molar-refractivity contribution in [3.63, 3.8) is 0 Å². The molecule has 0 spiro atoms. The number of aryl methyl sites for hydroxylation is 1. The summed E-state index contributed by atoms with van der Waals surface area (Å²) < 4.78 is 0. The lowest BCUT2D eigenvalue weighted by Gasteiger charge is -2.21. The fourth-order valence-electron chi connectivity index (χ4n) is 2.66. The number of hydrogen-bond acceptors (Lipinski definition) is 4. The topological polar surface area (TPSA) is 46.1 Å². The van der Waals surface area contributed by atoms with Crippen LogP contribution in [0.15, 0.2) is 54.7 Å². The summed E-state index contributed by atoms with van der Waals surface area (Å²) in [4.78, 5) is 24.6. The molecule has 0 saturated heterocycles. The van der Waals surface area contributed by atoms with Crippen LogP contribution in [0.25, 0.3) is 10.7 Å². The van der Waals surface area contributed by atoms with E-state index in [1.165, 1.54) is 11.3 Å². The van der Waals surface area contributed by atoms with Gasteiger partial charge in [-0.2, -0.15) is 0 Å². The zero-order valence-electron chi connectivity index (χ0n) is 14.5. The number of nitrogens with zero attached hydrogens (tertiary/aromatic N) is 3. The number of amides is 1. The Balaban J connectivity index is 1.86. The molecule has 1 aromatic carbocycles. The predicted molar refractivity (Wildman–Crippen MR) is 102 cm³/mol. The molecule has 0 unspecified atom stereocenters. The maximum atomic E-state index is 13.1. The number of rotatable bonds is 6. The number of thiazole rings is 1. The first kappa shape index (κ1) is 17.3. The molecule has 0 aliphatic carbocycles. The molecule has 128 valence electrons. The maximum absolute atomic E-state index is 13.1. The van der Waals surface area contributed by atoms with Crippen LogP contribution in [0, 0.1) is 6.92 Å². The first-order chi connectivity index (χ1) is 12.2. The van der Waals surface area contributed by atoms with Crippen molar-refractivity contribution >= 4 is 17.2 Å². The van der Waals surface area contributed by atoms with Crippen molar-refractivity contribution in [1.29, 1.82) is 0 Å². The van der Waals surface area contributed by atoms with Crippen LogP contribution in [0.4, 0.5) is 0 Å². The molecule has 0 radical (unpaired) electrons. The van der Waals surface area contributed by atoms with Gasteiger partial charge in [-0.25, -0.2) is 4.98 Å². The lowest BCUT2D eigenvalue weighted by atomic mass is 10.2. The van der Waals surface area contributed by atoms with Crippen LogP contribution in [-0.4, -0.2) is 27.3 Å². The Morgan fingerprint density at radius 2 is 1.88 bits per heavy atom. The van der Waals surface area contributed by atoms with Crippen LogP contribution in [0.1, 0.15) is 34.3 Å². The second kappa shape index (κ2) is 8.03. The number of benzene rings is 1. The third-order valence-electron chi connectivity index (χ3n) is 3.87. The van der Waals surface area contributed by atoms with Gasteiger partial charge in [0, 0.05) is 19.3 Å². The molecule has 0 fully saturated rings. The van der Waals surface area contributed by atoms with Crippen molar-refractivity contribution in [3.05, 3.63) is 70.9 Å². The van der Waals surface area contributed by atoms with Crippen LogP contribution >= 0.6 is 11.3 Å². The smallest absolute Gasteiger partial charge is 0.266 e. The summed E-state index contributed by atoms with van der Waals surface area (Å²) in [5, 5.41) is 0.789. The van der Waals surface area contributed by atoms with E-state index in [0.717, 1.165) is 34.9 Å². The van der Waals surface area contributed by atoms with E-state index in [2.05, 4.69) is 29.0 Å².